The van der Waals surface area contributed by atoms with Gasteiger partial charge in [-0.15, -0.1) is 0 Å². The molecule has 0 heterocycles. The number of esters is 1. The van der Waals surface area contributed by atoms with Gasteiger partial charge in [-0.3, -0.25) is 9.10 Å². The highest BCUT2D eigenvalue weighted by atomic mass is 35.5. The van der Waals surface area contributed by atoms with Crippen molar-refractivity contribution < 1.29 is 27.1 Å². The normalized spacial score (nSPS) is 11.2. The molecule has 0 saturated carbocycles. The molecule has 0 bridgehead atoms. The van der Waals surface area contributed by atoms with Gasteiger partial charge in [0.15, 0.2) is 6.61 Å². The van der Waals surface area contributed by atoms with E-state index in [0.717, 1.165) is 22.5 Å². The molecular weight excluding hydrogens is 423 g/mol. The minimum Gasteiger partial charge on any atom is -0.452 e. The fourth-order valence-corrected chi connectivity index (χ4v) is 3.76. The van der Waals surface area contributed by atoms with E-state index in [2.05, 4.69) is 5.32 Å². The third-order valence-corrected chi connectivity index (χ3v) is 5.90. The highest BCUT2D eigenvalue weighted by molar-refractivity contribution is 7.92. The predicted octanol–water partition coefficient (Wildman–Crippen LogP) is 2.99. The number of hydrogen-bond donors (Lipinski definition) is 1. The number of ether oxygens (including phenoxy) is 1. The summed E-state index contributed by atoms with van der Waals surface area (Å²) >= 11 is 6.00. The molecule has 1 amide bonds. The van der Waals surface area contributed by atoms with Crippen LogP contribution in [0.2, 0.25) is 5.02 Å². The Labute approximate surface area is 173 Å². The maximum Gasteiger partial charge on any atom is 0.340 e. The molecule has 1 N–H and O–H groups in total. The number of nitrogens with zero attached hydrogens (tertiary/aromatic N) is 1. The van der Waals surface area contributed by atoms with Gasteiger partial charge in [0.2, 0.25) is 0 Å². The molecule has 0 spiro atoms. The van der Waals surface area contributed by atoms with Gasteiger partial charge in [0.1, 0.15) is 5.82 Å². The predicted molar refractivity (Wildman–Crippen MR) is 107 cm³/mol. The number of amides is 1. The maximum atomic E-state index is 13.1. The summed E-state index contributed by atoms with van der Waals surface area (Å²) in [5.41, 5.74) is 0.0356. The van der Waals surface area contributed by atoms with E-state index < -0.39 is 34.3 Å². The van der Waals surface area contributed by atoms with Crippen LogP contribution < -0.4 is 9.62 Å². The van der Waals surface area contributed by atoms with Crippen molar-refractivity contribution in [2.75, 3.05) is 18.0 Å². The molecule has 0 fully saturated rings. The second-order valence-corrected chi connectivity index (χ2v) is 8.77. The van der Waals surface area contributed by atoms with Crippen molar-refractivity contribution in [2.24, 2.45) is 0 Å². The van der Waals surface area contributed by atoms with Crippen LogP contribution in [0.1, 0.15) is 24.2 Å². The molecule has 0 aromatic heterocycles. The molecule has 29 heavy (non-hydrogen) atoms. The van der Waals surface area contributed by atoms with Crippen molar-refractivity contribution in [3.05, 3.63) is 58.9 Å². The second-order valence-electron chi connectivity index (χ2n) is 6.39. The number of carbonyl (C=O) groups is 2. The van der Waals surface area contributed by atoms with E-state index in [1.165, 1.54) is 31.3 Å². The Kier molecular flexibility index (Phi) is 7.21. The Morgan fingerprint density at radius 3 is 2.38 bits per heavy atom. The first-order valence-corrected chi connectivity index (χ1v) is 10.3. The first kappa shape index (κ1) is 22.6. The van der Waals surface area contributed by atoms with Gasteiger partial charge in [0, 0.05) is 13.1 Å². The monoisotopic (exact) mass is 442 g/mol. The van der Waals surface area contributed by atoms with Gasteiger partial charge in [-0.05, 0) is 56.3 Å². The first-order chi connectivity index (χ1) is 13.5. The van der Waals surface area contributed by atoms with Gasteiger partial charge in [0.25, 0.3) is 15.9 Å². The average Bonchev–Trinajstić information content (AvgIpc) is 2.65. The lowest BCUT2D eigenvalue weighted by Crippen LogP contribution is -2.34. The minimum absolute atomic E-state index is 0.0253. The lowest BCUT2D eigenvalue weighted by Gasteiger charge is -2.20. The van der Waals surface area contributed by atoms with E-state index in [9.17, 15) is 22.4 Å². The van der Waals surface area contributed by atoms with Crippen LogP contribution in [-0.4, -0.2) is 40.0 Å². The summed E-state index contributed by atoms with van der Waals surface area (Å²) in [6.45, 7) is 2.98. The number of benzene rings is 2. The number of rotatable bonds is 7. The molecule has 7 nitrogen and oxygen atoms in total. The Morgan fingerprint density at radius 2 is 1.79 bits per heavy atom. The van der Waals surface area contributed by atoms with Gasteiger partial charge < -0.3 is 10.1 Å². The summed E-state index contributed by atoms with van der Waals surface area (Å²) in [6, 6.07) is 8.32. The van der Waals surface area contributed by atoms with Crippen LogP contribution in [0, 0.1) is 5.82 Å². The van der Waals surface area contributed by atoms with Crippen molar-refractivity contribution in [2.45, 2.75) is 24.8 Å². The summed E-state index contributed by atoms with van der Waals surface area (Å²) in [5, 5.41) is 2.53. The Hall–Kier alpha value is -2.65. The highest BCUT2D eigenvalue weighted by Gasteiger charge is 2.24. The fraction of sp³-hybridized carbons (Fsp3) is 0.263. The molecule has 0 radical (unpaired) electrons. The van der Waals surface area contributed by atoms with E-state index in [-0.39, 0.29) is 27.2 Å². The van der Waals surface area contributed by atoms with Crippen LogP contribution in [0.4, 0.5) is 10.1 Å². The number of nitrogens with one attached hydrogen (secondary N) is 1. The van der Waals surface area contributed by atoms with Crippen molar-refractivity contribution in [3.8, 4) is 0 Å². The SMILES string of the molecule is CC(C)NC(=O)COC(=O)c1cc(S(=O)(=O)N(C)c2ccc(F)cc2)ccc1Cl. The molecule has 156 valence electrons. The zero-order valence-corrected chi connectivity index (χ0v) is 17.6. The Morgan fingerprint density at radius 1 is 1.17 bits per heavy atom. The minimum atomic E-state index is -4.06. The van der Waals surface area contributed by atoms with E-state index in [4.69, 9.17) is 16.3 Å². The lowest BCUT2D eigenvalue weighted by atomic mass is 10.2. The quantitative estimate of drug-likeness (QED) is 0.665. The summed E-state index contributed by atoms with van der Waals surface area (Å²) in [6.07, 6.45) is 0. The summed E-state index contributed by atoms with van der Waals surface area (Å²) in [4.78, 5) is 23.7. The van der Waals surface area contributed by atoms with Gasteiger partial charge in [0.05, 0.1) is 21.2 Å². The Bertz CT molecular complexity index is 1010. The van der Waals surface area contributed by atoms with Gasteiger partial charge in [-0.1, -0.05) is 11.6 Å². The third kappa shape index (κ3) is 5.68. The molecule has 2 aromatic rings. The van der Waals surface area contributed by atoms with E-state index in [0.29, 0.717) is 0 Å². The van der Waals surface area contributed by atoms with E-state index in [1.807, 2.05) is 0 Å². The molecule has 0 saturated heterocycles. The highest BCUT2D eigenvalue weighted by Crippen LogP contribution is 2.26. The lowest BCUT2D eigenvalue weighted by molar-refractivity contribution is -0.124. The van der Waals surface area contributed by atoms with E-state index in [1.54, 1.807) is 13.8 Å². The largest absolute Gasteiger partial charge is 0.452 e. The van der Waals surface area contributed by atoms with Crippen LogP contribution in [-0.2, 0) is 19.6 Å². The van der Waals surface area contributed by atoms with Crippen molar-refractivity contribution in [1.82, 2.24) is 5.32 Å². The van der Waals surface area contributed by atoms with Gasteiger partial charge in [-0.2, -0.15) is 0 Å². The topological polar surface area (TPSA) is 92.8 Å². The fourth-order valence-electron chi connectivity index (χ4n) is 2.34. The molecular formula is C19H20ClFN2O5S. The average molecular weight is 443 g/mol. The van der Waals surface area contributed by atoms with Crippen LogP contribution in [0.15, 0.2) is 47.4 Å². The molecule has 2 aromatic carbocycles. The molecule has 0 atom stereocenters. The number of anilines is 1. The van der Waals surface area contributed by atoms with Crippen LogP contribution >= 0.6 is 11.6 Å². The first-order valence-electron chi connectivity index (χ1n) is 8.53. The van der Waals surface area contributed by atoms with Gasteiger partial charge in [-0.25, -0.2) is 17.6 Å². The zero-order valence-electron chi connectivity index (χ0n) is 16.0. The zero-order chi connectivity index (χ0) is 21.8. The number of sulfonamides is 1. The summed E-state index contributed by atoms with van der Waals surface area (Å²) < 4.78 is 44.7. The molecule has 0 aliphatic carbocycles. The third-order valence-electron chi connectivity index (χ3n) is 3.79. The van der Waals surface area contributed by atoms with E-state index >= 15 is 0 Å². The van der Waals surface area contributed by atoms with Crippen LogP contribution in [0.3, 0.4) is 0 Å². The second kappa shape index (κ2) is 9.23. The van der Waals surface area contributed by atoms with Crippen LogP contribution in [0.5, 0.6) is 0 Å². The smallest absolute Gasteiger partial charge is 0.340 e. The van der Waals surface area contributed by atoms with Gasteiger partial charge >= 0.3 is 5.97 Å². The number of carbonyl (C=O) groups excluding carboxylic acids is 2. The van der Waals surface area contributed by atoms with Crippen molar-refractivity contribution >= 4 is 39.2 Å². The number of halogens is 2. The van der Waals surface area contributed by atoms with Crippen LogP contribution in [0.25, 0.3) is 0 Å². The number of hydrogen-bond acceptors (Lipinski definition) is 5. The molecule has 10 heteroatoms. The van der Waals surface area contributed by atoms with Crippen molar-refractivity contribution in [1.29, 1.82) is 0 Å². The molecule has 2 rings (SSSR count). The standard InChI is InChI=1S/C19H20ClFN2O5S/c1-12(2)22-18(24)11-28-19(25)16-10-15(8-9-17(16)20)29(26,27)23(3)14-6-4-13(21)5-7-14/h4-10,12H,11H2,1-3H3,(H,22,24). The molecule has 0 aliphatic heterocycles. The molecule has 0 aliphatic rings. The summed E-state index contributed by atoms with van der Waals surface area (Å²) in [7, 11) is -2.76. The Balaban J connectivity index is 2.25. The summed E-state index contributed by atoms with van der Waals surface area (Å²) in [5.74, 6) is -1.93. The van der Waals surface area contributed by atoms with Crippen molar-refractivity contribution in [3.63, 3.8) is 0 Å². The molecule has 0 unspecified atom stereocenters. The maximum absolute atomic E-state index is 13.1.